The summed E-state index contributed by atoms with van der Waals surface area (Å²) >= 11 is 0. The fourth-order valence-corrected chi connectivity index (χ4v) is 6.94. The fourth-order valence-electron chi connectivity index (χ4n) is 6.94. The van der Waals surface area contributed by atoms with Gasteiger partial charge in [-0.2, -0.15) is 0 Å². The van der Waals surface area contributed by atoms with Crippen molar-refractivity contribution in [1.82, 2.24) is 5.32 Å². The third-order valence-electron chi connectivity index (χ3n) is 11.0. The quantitative estimate of drug-likeness (QED) is 0.0151. The maximum absolute atomic E-state index is 13.3. The summed E-state index contributed by atoms with van der Waals surface area (Å²) in [4.78, 5) is 26.3. The lowest BCUT2D eigenvalue weighted by molar-refractivity contribution is -0.305. The summed E-state index contributed by atoms with van der Waals surface area (Å²) in [6.07, 6.45) is 53.4. The summed E-state index contributed by atoms with van der Waals surface area (Å²) in [5.74, 6) is -1.34. The smallest absolute Gasteiger partial charge is 0.306 e. The molecule has 0 saturated carbocycles. The number of aliphatic hydroxyl groups is 5. The minimum absolute atomic E-state index is 0.0117. The van der Waals surface area contributed by atoms with Crippen molar-refractivity contribution in [2.24, 2.45) is 0 Å². The highest BCUT2D eigenvalue weighted by Gasteiger charge is 2.47. The third-order valence-corrected chi connectivity index (χ3v) is 11.0. The molecule has 8 atom stereocenters. The van der Waals surface area contributed by atoms with Crippen LogP contribution in [0.25, 0.3) is 0 Å². The van der Waals surface area contributed by atoms with Crippen LogP contribution < -0.4 is 5.32 Å². The van der Waals surface area contributed by atoms with Crippen molar-refractivity contribution in [3.63, 3.8) is 0 Å². The molecular formula is C58H89NO10. The van der Waals surface area contributed by atoms with Gasteiger partial charge in [0.25, 0.3) is 0 Å². The lowest BCUT2D eigenvalue weighted by Gasteiger charge is -2.41. The summed E-state index contributed by atoms with van der Waals surface area (Å²) < 4.78 is 17.4. The number of nitrogens with one attached hydrogen (secondary N) is 1. The predicted molar refractivity (Wildman–Crippen MR) is 282 cm³/mol. The molecule has 8 unspecified atom stereocenters. The van der Waals surface area contributed by atoms with Crippen molar-refractivity contribution < 1.29 is 49.3 Å². The van der Waals surface area contributed by atoms with E-state index in [-0.39, 0.29) is 19.4 Å². The first kappa shape index (κ1) is 62.6. The first-order valence-corrected chi connectivity index (χ1v) is 25.8. The van der Waals surface area contributed by atoms with Gasteiger partial charge in [-0.3, -0.25) is 9.59 Å². The van der Waals surface area contributed by atoms with E-state index in [2.05, 4.69) is 38.2 Å². The molecule has 11 nitrogen and oxygen atoms in total. The zero-order chi connectivity index (χ0) is 50.4. The van der Waals surface area contributed by atoms with E-state index in [1.807, 2.05) is 128 Å². The molecule has 1 amide bonds. The average molecular weight is 960 g/mol. The molecule has 6 N–H and O–H groups in total. The Labute approximate surface area is 415 Å². The summed E-state index contributed by atoms with van der Waals surface area (Å²) in [6, 6.07) is -1.07. The van der Waals surface area contributed by atoms with E-state index >= 15 is 0 Å². The van der Waals surface area contributed by atoms with E-state index in [1.54, 1.807) is 6.08 Å². The molecule has 0 aromatic heterocycles. The van der Waals surface area contributed by atoms with Crippen LogP contribution in [0.15, 0.2) is 146 Å². The van der Waals surface area contributed by atoms with Crippen molar-refractivity contribution in [2.75, 3.05) is 13.2 Å². The van der Waals surface area contributed by atoms with Gasteiger partial charge in [0.2, 0.25) is 5.91 Å². The molecule has 0 aromatic rings. The number of esters is 1. The molecule has 11 heteroatoms. The Balaban J connectivity index is 2.88. The van der Waals surface area contributed by atoms with Crippen molar-refractivity contribution in [3.05, 3.63) is 146 Å². The highest BCUT2D eigenvalue weighted by Crippen LogP contribution is 2.26. The van der Waals surface area contributed by atoms with Crippen LogP contribution in [0.5, 0.6) is 0 Å². The number of unbranched alkanes of at least 4 members (excludes halogenated alkanes) is 12. The van der Waals surface area contributed by atoms with E-state index in [4.69, 9.17) is 14.2 Å². The number of carbonyl (C=O) groups is 2. The number of ether oxygens (including phenoxy) is 3. The Morgan fingerprint density at radius 3 is 1.57 bits per heavy atom. The van der Waals surface area contributed by atoms with Gasteiger partial charge in [0.1, 0.15) is 24.4 Å². The lowest BCUT2D eigenvalue weighted by Crippen LogP contribution is -2.61. The summed E-state index contributed by atoms with van der Waals surface area (Å²) in [7, 11) is 0. The summed E-state index contributed by atoms with van der Waals surface area (Å²) in [6.45, 7) is 5.36. The molecule has 0 aliphatic carbocycles. The number of amides is 1. The van der Waals surface area contributed by atoms with E-state index in [0.717, 1.165) is 51.4 Å². The van der Waals surface area contributed by atoms with E-state index < -0.39 is 67.4 Å². The monoisotopic (exact) mass is 960 g/mol. The Bertz CT molecular complexity index is 1670. The van der Waals surface area contributed by atoms with E-state index in [1.165, 1.54) is 38.5 Å². The first-order chi connectivity index (χ1) is 33.7. The maximum Gasteiger partial charge on any atom is 0.306 e. The summed E-state index contributed by atoms with van der Waals surface area (Å²) in [5.41, 5.74) is 0. The standard InChI is InChI=1S/C58H89NO10/c1-4-7-10-13-16-19-22-24-25-26-28-30-33-36-39-42-45-51(62)57(66)59-49(50(61)44-41-38-35-32-29-21-18-15-12-9-6-3)48-67-58-56(55(65)54(64)52(47-60)68-58)69-53(63)46-43-40-37-34-31-27-23-20-17-14-11-8-5-2/h7-8,10-11,13-14,16-17,19-20,22-28,30-31,33-34,37,41,44,49-52,54-56,58,60-62,64-65H,4-6,9,12,15,18,21,29,32,35-36,38-40,42-43,45-48H2,1-3H3,(H,59,66)/b10-7-,11-8+,16-13+,17-14+,22-19+,23-20-,25-24-,28-26+,31-27-,33-30+,37-34+,44-41+. The van der Waals surface area contributed by atoms with Gasteiger partial charge in [0.05, 0.1) is 25.4 Å². The molecule has 386 valence electrons. The highest BCUT2D eigenvalue weighted by atomic mass is 16.7. The van der Waals surface area contributed by atoms with Crippen LogP contribution in [0.3, 0.4) is 0 Å². The van der Waals surface area contributed by atoms with Gasteiger partial charge in [-0.05, 0) is 57.8 Å². The Hall–Kier alpha value is -4.46. The molecular weight excluding hydrogens is 871 g/mol. The normalized spacial score (nSPS) is 21.1. The van der Waals surface area contributed by atoms with Gasteiger partial charge in [-0.25, -0.2) is 0 Å². The van der Waals surface area contributed by atoms with Gasteiger partial charge in [0.15, 0.2) is 12.4 Å². The molecule has 1 rings (SSSR count). The molecule has 1 heterocycles. The molecule has 0 radical (unpaired) electrons. The van der Waals surface area contributed by atoms with Crippen molar-refractivity contribution >= 4 is 11.9 Å². The number of allylic oxidation sites excluding steroid dienone is 23. The van der Waals surface area contributed by atoms with Crippen LogP contribution in [0.1, 0.15) is 143 Å². The molecule has 1 aliphatic rings. The van der Waals surface area contributed by atoms with Crippen LogP contribution in [-0.4, -0.2) is 99.6 Å². The van der Waals surface area contributed by atoms with Crippen molar-refractivity contribution in [1.29, 1.82) is 0 Å². The predicted octanol–water partition coefficient (Wildman–Crippen LogP) is 10.7. The van der Waals surface area contributed by atoms with Gasteiger partial charge in [0, 0.05) is 6.42 Å². The van der Waals surface area contributed by atoms with Crippen LogP contribution in [0.2, 0.25) is 0 Å². The SMILES string of the molecule is CC\C=C/C=C/C=C/C=C\C=C\C=C\CCCCC(O)C(=O)NC(COC1OC(CO)C(O)C(O)C1OC(=O)CCC/C=C/C=C\C=C/C=C/C=C/CC)C(O)/C=C/CCCCCCCCCCC. The fraction of sp³-hybridized carbons (Fsp3) is 0.552. The highest BCUT2D eigenvalue weighted by molar-refractivity contribution is 5.80. The molecule has 0 bridgehead atoms. The zero-order valence-electron chi connectivity index (χ0n) is 42.1. The maximum atomic E-state index is 13.3. The summed E-state index contributed by atoms with van der Waals surface area (Å²) in [5, 5.41) is 56.5. The molecule has 1 fully saturated rings. The number of aliphatic hydroxyl groups excluding tert-OH is 5. The topological polar surface area (TPSA) is 175 Å². The second kappa shape index (κ2) is 44.7. The molecule has 1 aliphatic heterocycles. The van der Waals surface area contributed by atoms with Crippen molar-refractivity contribution in [2.45, 2.75) is 192 Å². The minimum Gasteiger partial charge on any atom is -0.454 e. The second-order valence-electron chi connectivity index (χ2n) is 17.1. The number of carbonyl (C=O) groups excluding carboxylic acids is 2. The number of hydrogen-bond donors (Lipinski definition) is 6. The lowest BCUT2D eigenvalue weighted by atomic mass is 9.99. The Morgan fingerprint density at radius 1 is 0.580 bits per heavy atom. The van der Waals surface area contributed by atoms with Crippen LogP contribution in [0, 0.1) is 0 Å². The van der Waals surface area contributed by atoms with E-state index in [9.17, 15) is 35.1 Å². The number of hydrogen-bond acceptors (Lipinski definition) is 10. The zero-order valence-corrected chi connectivity index (χ0v) is 42.1. The van der Waals surface area contributed by atoms with Gasteiger partial charge >= 0.3 is 5.97 Å². The van der Waals surface area contributed by atoms with Crippen LogP contribution in [0.4, 0.5) is 0 Å². The first-order valence-electron chi connectivity index (χ1n) is 25.8. The molecule has 69 heavy (non-hydrogen) atoms. The third kappa shape index (κ3) is 33.7. The largest absolute Gasteiger partial charge is 0.454 e. The molecule has 0 aromatic carbocycles. The number of rotatable bonds is 39. The molecule has 0 spiro atoms. The molecule has 1 saturated heterocycles. The van der Waals surface area contributed by atoms with E-state index in [0.29, 0.717) is 19.3 Å². The second-order valence-corrected chi connectivity index (χ2v) is 17.1. The van der Waals surface area contributed by atoms with Gasteiger partial charge < -0.3 is 45.1 Å². The Morgan fingerprint density at radius 2 is 1.04 bits per heavy atom. The van der Waals surface area contributed by atoms with Gasteiger partial charge in [-0.15, -0.1) is 0 Å². The van der Waals surface area contributed by atoms with Crippen LogP contribution >= 0.6 is 0 Å². The van der Waals surface area contributed by atoms with Crippen molar-refractivity contribution in [3.8, 4) is 0 Å². The van der Waals surface area contributed by atoms with Crippen LogP contribution in [-0.2, 0) is 23.8 Å². The Kier molecular flexibility index (Phi) is 40.6. The van der Waals surface area contributed by atoms with Gasteiger partial charge in [-0.1, -0.05) is 224 Å². The minimum atomic E-state index is -1.66. The average Bonchev–Trinajstić information content (AvgIpc) is 3.34.